The molecule has 0 radical (unpaired) electrons. The number of ether oxygens (including phenoxy) is 1. The van der Waals surface area contributed by atoms with Crippen LogP contribution in [0, 0.1) is 11.3 Å². The maximum Gasteiger partial charge on any atom is 0.267 e. The van der Waals surface area contributed by atoms with E-state index in [9.17, 15) is 9.59 Å². The van der Waals surface area contributed by atoms with Crippen molar-refractivity contribution in [1.29, 1.82) is 5.26 Å². The number of nitriles is 1. The molecule has 1 unspecified atom stereocenters. The van der Waals surface area contributed by atoms with Crippen LogP contribution in [0.15, 0.2) is 18.2 Å². The molecule has 0 spiro atoms. The first-order chi connectivity index (χ1) is 9.02. The number of benzene rings is 1. The molecule has 6 heteroatoms. The van der Waals surface area contributed by atoms with Gasteiger partial charge in [0.2, 0.25) is 5.91 Å². The zero-order chi connectivity index (χ0) is 14.0. The summed E-state index contributed by atoms with van der Waals surface area (Å²) in [5.41, 5.74) is 1.12. The van der Waals surface area contributed by atoms with Crippen LogP contribution in [-0.4, -0.2) is 25.0 Å². The number of amides is 2. The van der Waals surface area contributed by atoms with Crippen molar-refractivity contribution in [3.05, 3.63) is 18.2 Å². The summed E-state index contributed by atoms with van der Waals surface area (Å²) in [6.45, 7) is 1.68. The number of anilines is 2. The van der Waals surface area contributed by atoms with Crippen molar-refractivity contribution in [2.45, 2.75) is 19.4 Å². The highest BCUT2D eigenvalue weighted by atomic mass is 16.5. The van der Waals surface area contributed by atoms with E-state index in [1.54, 1.807) is 38.2 Å². The Morgan fingerprint density at radius 2 is 2.32 bits per heavy atom. The van der Waals surface area contributed by atoms with Gasteiger partial charge in [-0.3, -0.25) is 9.59 Å². The van der Waals surface area contributed by atoms with Crippen LogP contribution in [0.4, 0.5) is 11.4 Å². The number of hydrogen-bond donors (Lipinski definition) is 1. The Hall–Kier alpha value is -2.55. The topological polar surface area (TPSA) is 82.4 Å². The Morgan fingerprint density at radius 1 is 1.58 bits per heavy atom. The Bertz CT molecular complexity index is 577. The van der Waals surface area contributed by atoms with Gasteiger partial charge in [-0.2, -0.15) is 5.26 Å². The quantitative estimate of drug-likeness (QED) is 0.867. The van der Waals surface area contributed by atoms with E-state index in [2.05, 4.69) is 5.32 Å². The smallest absolute Gasteiger partial charge is 0.267 e. The predicted molar refractivity (Wildman–Crippen MR) is 68.8 cm³/mol. The lowest BCUT2D eigenvalue weighted by molar-refractivity contribution is -0.125. The van der Waals surface area contributed by atoms with Crippen LogP contribution in [0.3, 0.4) is 0 Å². The van der Waals surface area contributed by atoms with Gasteiger partial charge < -0.3 is 15.0 Å². The van der Waals surface area contributed by atoms with Crippen molar-refractivity contribution >= 4 is 23.2 Å². The molecule has 1 aliphatic rings. The van der Waals surface area contributed by atoms with Gasteiger partial charge in [0, 0.05) is 12.7 Å². The van der Waals surface area contributed by atoms with Gasteiger partial charge in [-0.05, 0) is 25.1 Å². The van der Waals surface area contributed by atoms with Gasteiger partial charge in [0.25, 0.3) is 5.91 Å². The fourth-order valence-electron chi connectivity index (χ4n) is 1.87. The fourth-order valence-corrected chi connectivity index (χ4v) is 1.87. The molecule has 0 aromatic heterocycles. The zero-order valence-corrected chi connectivity index (χ0v) is 10.6. The van der Waals surface area contributed by atoms with Crippen molar-refractivity contribution in [3.63, 3.8) is 0 Å². The van der Waals surface area contributed by atoms with Crippen molar-refractivity contribution in [3.8, 4) is 11.8 Å². The summed E-state index contributed by atoms with van der Waals surface area (Å²) in [4.78, 5) is 24.6. The summed E-state index contributed by atoms with van der Waals surface area (Å²) in [6.07, 6.45) is -0.726. The van der Waals surface area contributed by atoms with Gasteiger partial charge >= 0.3 is 0 Å². The fraction of sp³-hybridized carbons (Fsp3) is 0.308. The zero-order valence-electron chi connectivity index (χ0n) is 10.6. The third-order valence-corrected chi connectivity index (χ3v) is 2.83. The van der Waals surface area contributed by atoms with Crippen LogP contribution >= 0.6 is 0 Å². The average Bonchev–Trinajstić information content (AvgIpc) is 2.37. The van der Waals surface area contributed by atoms with E-state index in [-0.39, 0.29) is 18.2 Å². The van der Waals surface area contributed by atoms with Crippen molar-refractivity contribution in [2.75, 3.05) is 17.3 Å². The Labute approximate surface area is 110 Å². The van der Waals surface area contributed by atoms with E-state index in [1.165, 1.54) is 4.90 Å². The molecule has 0 fully saturated rings. The van der Waals surface area contributed by atoms with Crippen LogP contribution in [-0.2, 0) is 9.59 Å². The number of nitrogens with one attached hydrogen (secondary N) is 1. The number of rotatable bonds is 2. The number of nitrogens with zero attached hydrogens (tertiary/aromatic N) is 2. The molecular weight excluding hydrogens is 246 g/mol. The lowest BCUT2D eigenvalue weighted by Crippen LogP contribution is -2.41. The summed E-state index contributed by atoms with van der Waals surface area (Å²) in [5, 5.41) is 11.0. The minimum atomic E-state index is -0.517. The summed E-state index contributed by atoms with van der Waals surface area (Å²) in [6, 6.07) is 6.78. The molecule has 1 atom stereocenters. The molecule has 1 aromatic carbocycles. The molecule has 0 saturated carbocycles. The highest BCUT2D eigenvalue weighted by Crippen LogP contribution is 2.35. The van der Waals surface area contributed by atoms with Gasteiger partial charge in [0.15, 0.2) is 6.10 Å². The second-order valence-electron chi connectivity index (χ2n) is 4.22. The molecule has 1 aliphatic heterocycles. The SMILES string of the molecule is CC1Oc2ccc(NC(=O)CC#N)cc2N(C)C1=O. The summed E-state index contributed by atoms with van der Waals surface area (Å²) in [5.74, 6) is 0.0578. The van der Waals surface area contributed by atoms with Gasteiger partial charge in [-0.15, -0.1) is 0 Å². The van der Waals surface area contributed by atoms with Crippen molar-refractivity contribution in [2.24, 2.45) is 0 Å². The molecule has 6 nitrogen and oxygen atoms in total. The van der Waals surface area contributed by atoms with Gasteiger partial charge in [0.05, 0.1) is 11.8 Å². The van der Waals surface area contributed by atoms with E-state index in [4.69, 9.17) is 10.00 Å². The van der Waals surface area contributed by atoms with Crippen LogP contribution in [0.2, 0.25) is 0 Å². The van der Waals surface area contributed by atoms with Crippen LogP contribution < -0.4 is 15.0 Å². The first kappa shape index (κ1) is 12.9. The molecule has 98 valence electrons. The molecular formula is C13H13N3O3. The Balaban J connectivity index is 2.27. The van der Waals surface area contributed by atoms with Gasteiger partial charge in [0.1, 0.15) is 12.2 Å². The minimum Gasteiger partial charge on any atom is -0.479 e. The Morgan fingerprint density at radius 3 is 3.00 bits per heavy atom. The van der Waals surface area contributed by atoms with Crippen LogP contribution in [0.25, 0.3) is 0 Å². The third kappa shape index (κ3) is 2.50. The lowest BCUT2D eigenvalue weighted by Gasteiger charge is -2.30. The molecule has 1 aromatic rings. The van der Waals surface area contributed by atoms with E-state index in [1.807, 2.05) is 0 Å². The summed E-state index contributed by atoms with van der Waals surface area (Å²) in [7, 11) is 1.65. The molecule has 2 rings (SSSR count). The summed E-state index contributed by atoms with van der Waals surface area (Å²) >= 11 is 0. The second kappa shape index (κ2) is 4.98. The lowest BCUT2D eigenvalue weighted by atomic mass is 10.2. The molecule has 0 bridgehead atoms. The average molecular weight is 259 g/mol. The van der Waals surface area contributed by atoms with Gasteiger partial charge in [-0.1, -0.05) is 0 Å². The third-order valence-electron chi connectivity index (χ3n) is 2.83. The van der Waals surface area contributed by atoms with E-state index in [0.29, 0.717) is 17.1 Å². The second-order valence-corrected chi connectivity index (χ2v) is 4.22. The Kier molecular flexibility index (Phi) is 3.38. The molecule has 1 heterocycles. The minimum absolute atomic E-state index is 0.145. The van der Waals surface area contributed by atoms with Crippen molar-refractivity contribution in [1.82, 2.24) is 0 Å². The van der Waals surface area contributed by atoms with Crippen molar-refractivity contribution < 1.29 is 14.3 Å². The number of carbonyl (C=O) groups is 2. The van der Waals surface area contributed by atoms with E-state index in [0.717, 1.165) is 0 Å². The number of fused-ring (bicyclic) bond motifs is 1. The standard InChI is InChI=1S/C13H13N3O3/c1-8-13(18)16(2)10-7-9(3-4-11(10)19-8)15-12(17)5-6-14/h3-4,7-8H,5H2,1-2H3,(H,15,17). The monoisotopic (exact) mass is 259 g/mol. The molecule has 1 N–H and O–H groups in total. The largest absolute Gasteiger partial charge is 0.479 e. The predicted octanol–water partition coefficient (Wildman–Crippen LogP) is 1.28. The van der Waals surface area contributed by atoms with Crippen LogP contribution in [0.5, 0.6) is 5.75 Å². The maximum absolute atomic E-state index is 11.8. The van der Waals surface area contributed by atoms with E-state index < -0.39 is 6.10 Å². The summed E-state index contributed by atoms with van der Waals surface area (Å²) < 4.78 is 5.47. The first-order valence-corrected chi connectivity index (χ1v) is 5.78. The first-order valence-electron chi connectivity index (χ1n) is 5.78. The van der Waals surface area contributed by atoms with Crippen LogP contribution in [0.1, 0.15) is 13.3 Å². The molecule has 19 heavy (non-hydrogen) atoms. The van der Waals surface area contributed by atoms with Gasteiger partial charge in [-0.25, -0.2) is 0 Å². The molecule has 2 amide bonds. The normalized spacial score (nSPS) is 17.2. The number of likely N-dealkylation sites (N-methyl/N-ethyl adjacent to an activating group) is 1. The molecule has 0 saturated heterocycles. The highest BCUT2D eigenvalue weighted by Gasteiger charge is 2.28. The number of hydrogen-bond acceptors (Lipinski definition) is 4. The van der Waals surface area contributed by atoms with E-state index >= 15 is 0 Å². The molecule has 0 aliphatic carbocycles. The maximum atomic E-state index is 11.8. The highest BCUT2D eigenvalue weighted by molar-refractivity contribution is 6.00. The number of carbonyl (C=O) groups excluding carboxylic acids is 2.